The molecule has 27 heavy (non-hydrogen) atoms. The van der Waals surface area contributed by atoms with E-state index in [0.29, 0.717) is 5.92 Å². The van der Waals surface area contributed by atoms with Gasteiger partial charge in [0.15, 0.2) is 0 Å². The Morgan fingerprint density at radius 2 is 1.59 bits per heavy atom. The maximum Gasteiger partial charge on any atom is 0.323 e. The van der Waals surface area contributed by atoms with E-state index < -0.39 is 5.97 Å². The minimum Gasteiger partial charge on any atom is -1.00 e. The van der Waals surface area contributed by atoms with Crippen molar-refractivity contribution in [3.05, 3.63) is 29.8 Å². The van der Waals surface area contributed by atoms with Crippen LogP contribution in [-0.4, -0.2) is 12.6 Å². The Kier molecular flexibility index (Phi) is 21.8. The Labute approximate surface area is 159 Å². The maximum absolute atomic E-state index is 12.0. The van der Waals surface area contributed by atoms with Crippen molar-refractivity contribution < 1.29 is 41.1 Å². The SMILES string of the molecule is CCCCOc1ccc(C2CCC(C(=O)OSF)CC2)cc1.[F-].[F-].[F-].[F-].[F-]. The van der Waals surface area contributed by atoms with Crippen LogP contribution >= 0.6 is 12.4 Å². The summed E-state index contributed by atoms with van der Waals surface area (Å²) in [6, 6.07) is 8.26. The predicted molar refractivity (Wildman–Crippen MR) is 86.3 cm³/mol. The van der Waals surface area contributed by atoms with Crippen molar-refractivity contribution in [2.75, 3.05) is 6.61 Å². The highest BCUT2D eigenvalue weighted by molar-refractivity contribution is 7.89. The molecule has 2 rings (SSSR count). The summed E-state index contributed by atoms with van der Waals surface area (Å²) in [5, 5.41) is 0. The van der Waals surface area contributed by atoms with E-state index in [1.165, 1.54) is 5.56 Å². The van der Waals surface area contributed by atoms with Crippen molar-refractivity contribution in [1.82, 2.24) is 0 Å². The number of carbonyl (C=O) groups is 1. The van der Waals surface area contributed by atoms with Gasteiger partial charge >= 0.3 is 5.97 Å². The normalized spacial score (nSPS) is 17.4. The van der Waals surface area contributed by atoms with Crippen LogP contribution in [0.5, 0.6) is 5.75 Å². The number of ether oxygens (including phenoxy) is 1. The zero-order valence-corrected chi connectivity index (χ0v) is 15.6. The van der Waals surface area contributed by atoms with Crippen molar-refractivity contribution in [3.8, 4) is 5.75 Å². The molecule has 0 aliphatic heterocycles. The minimum atomic E-state index is -0.425. The molecule has 1 fully saturated rings. The summed E-state index contributed by atoms with van der Waals surface area (Å²) in [6.45, 7) is 2.90. The molecule has 10 heteroatoms. The first-order valence-corrected chi connectivity index (χ1v) is 8.60. The maximum atomic E-state index is 12.0. The van der Waals surface area contributed by atoms with Crippen molar-refractivity contribution in [2.45, 2.75) is 51.4 Å². The molecular weight excluding hydrogens is 398 g/mol. The molecule has 0 bridgehead atoms. The lowest BCUT2D eigenvalue weighted by Crippen LogP contribution is -3.00. The van der Waals surface area contributed by atoms with E-state index in [1.54, 1.807) is 0 Å². The molecule has 1 aliphatic rings. The fourth-order valence-corrected chi connectivity index (χ4v) is 3.13. The summed E-state index contributed by atoms with van der Waals surface area (Å²) in [5.74, 6) is 0.794. The zero-order chi connectivity index (χ0) is 15.8. The van der Waals surface area contributed by atoms with Gasteiger partial charge in [0.05, 0.1) is 12.5 Å². The number of rotatable bonds is 7. The van der Waals surface area contributed by atoms with Crippen LogP contribution in [0, 0.1) is 5.92 Å². The lowest BCUT2D eigenvalue weighted by molar-refractivity contribution is -0.138. The fourth-order valence-electron chi connectivity index (χ4n) is 2.93. The Hall–Kier alpha value is -1.58. The lowest BCUT2D eigenvalue weighted by atomic mass is 9.79. The fraction of sp³-hybridized carbons (Fsp3) is 0.588. The van der Waals surface area contributed by atoms with E-state index in [1.807, 2.05) is 12.1 Å². The van der Waals surface area contributed by atoms with Crippen molar-refractivity contribution >= 4 is 18.4 Å². The third-order valence-corrected chi connectivity index (χ3v) is 4.52. The van der Waals surface area contributed by atoms with Gasteiger partial charge in [-0.15, -0.1) is 3.89 Å². The molecule has 0 heterocycles. The highest BCUT2D eigenvalue weighted by Crippen LogP contribution is 2.37. The van der Waals surface area contributed by atoms with E-state index in [9.17, 15) is 8.68 Å². The molecule has 1 aromatic rings. The third-order valence-electron chi connectivity index (χ3n) is 4.29. The van der Waals surface area contributed by atoms with Crippen molar-refractivity contribution in [3.63, 3.8) is 0 Å². The first kappa shape index (κ1) is 33.0. The molecule has 0 spiro atoms. The van der Waals surface area contributed by atoms with Crippen LogP contribution in [0.2, 0.25) is 0 Å². The number of benzene rings is 1. The molecular formula is C17H23F6O3S-5. The summed E-state index contributed by atoms with van der Waals surface area (Å²) in [7, 11) is 0. The van der Waals surface area contributed by atoms with E-state index >= 15 is 0 Å². The molecule has 1 saturated carbocycles. The highest BCUT2D eigenvalue weighted by Gasteiger charge is 2.28. The van der Waals surface area contributed by atoms with Crippen LogP contribution in [0.15, 0.2) is 24.3 Å². The molecule has 0 unspecified atom stereocenters. The molecule has 0 saturated heterocycles. The van der Waals surface area contributed by atoms with Gasteiger partial charge in [0, 0.05) is 0 Å². The van der Waals surface area contributed by atoms with Gasteiger partial charge in [0.2, 0.25) is 0 Å². The molecule has 0 aromatic heterocycles. The zero-order valence-electron chi connectivity index (χ0n) is 14.8. The average molecular weight is 421 g/mol. The van der Waals surface area contributed by atoms with Crippen LogP contribution in [-0.2, 0) is 8.98 Å². The number of unbranched alkanes of at least 4 members (excludes halogenated alkanes) is 1. The lowest BCUT2D eigenvalue weighted by Gasteiger charge is -2.27. The molecule has 1 aliphatic carbocycles. The molecule has 0 amide bonds. The van der Waals surface area contributed by atoms with Crippen LogP contribution in [0.25, 0.3) is 0 Å². The Balaban J connectivity index is -0.000000529. The van der Waals surface area contributed by atoms with Gasteiger partial charge in [-0.2, -0.15) is 0 Å². The van der Waals surface area contributed by atoms with E-state index in [2.05, 4.69) is 23.2 Å². The van der Waals surface area contributed by atoms with Gasteiger partial charge in [-0.1, -0.05) is 25.5 Å². The number of halogens is 6. The minimum absolute atomic E-state index is 0. The van der Waals surface area contributed by atoms with Crippen LogP contribution in [0.1, 0.15) is 56.9 Å². The number of carbonyl (C=O) groups excluding carboxylic acids is 1. The summed E-state index contributed by atoms with van der Waals surface area (Å²) in [4.78, 5) is 11.5. The Bertz CT molecular complexity index is 470. The summed E-state index contributed by atoms with van der Waals surface area (Å²) in [6.07, 6.45) is 5.60. The average Bonchev–Trinajstić information content (AvgIpc) is 2.56. The quantitative estimate of drug-likeness (QED) is 0.249. The second kappa shape index (κ2) is 17.8. The van der Waals surface area contributed by atoms with Crippen molar-refractivity contribution in [1.29, 1.82) is 0 Å². The monoisotopic (exact) mass is 421 g/mol. The molecule has 0 N–H and O–H groups in total. The topological polar surface area (TPSA) is 35.5 Å². The van der Waals surface area contributed by atoms with Crippen LogP contribution in [0.4, 0.5) is 3.89 Å². The Morgan fingerprint density at radius 1 is 1.04 bits per heavy atom. The summed E-state index contributed by atoms with van der Waals surface area (Å²) < 4.78 is 22.0. The van der Waals surface area contributed by atoms with Crippen LogP contribution < -0.4 is 28.3 Å². The van der Waals surface area contributed by atoms with Gasteiger partial charge < -0.3 is 32.4 Å². The van der Waals surface area contributed by atoms with Gasteiger partial charge in [0.1, 0.15) is 5.75 Å². The highest BCUT2D eigenvalue weighted by atomic mass is 32.2. The Morgan fingerprint density at radius 3 is 2.07 bits per heavy atom. The standard InChI is InChI=1S/C17H23FO3S.5FH/c1-2-3-12-20-16-10-8-14(9-11-16)13-4-6-15(7-5-13)17(19)21-22-18;;;;;/h8-11,13,15H,2-7,12H2,1H3;5*1H/p-5. The van der Waals surface area contributed by atoms with Crippen LogP contribution in [0.3, 0.4) is 0 Å². The molecule has 162 valence electrons. The number of hydrogen-bond donors (Lipinski definition) is 0. The van der Waals surface area contributed by atoms with E-state index in [0.717, 1.165) is 50.9 Å². The third kappa shape index (κ3) is 10.4. The van der Waals surface area contributed by atoms with E-state index in [-0.39, 0.29) is 41.9 Å². The van der Waals surface area contributed by atoms with Crippen molar-refractivity contribution in [2.24, 2.45) is 5.92 Å². The second-order valence-electron chi connectivity index (χ2n) is 5.78. The first-order valence-electron chi connectivity index (χ1n) is 7.96. The summed E-state index contributed by atoms with van der Waals surface area (Å²) >= 11 is -0.353. The molecule has 3 nitrogen and oxygen atoms in total. The largest absolute Gasteiger partial charge is 1.00 e. The first-order chi connectivity index (χ1) is 10.7. The number of hydrogen-bond acceptors (Lipinski definition) is 4. The smallest absolute Gasteiger partial charge is 0.323 e. The summed E-state index contributed by atoms with van der Waals surface area (Å²) in [5.41, 5.74) is 1.29. The van der Waals surface area contributed by atoms with E-state index in [4.69, 9.17) is 4.74 Å². The van der Waals surface area contributed by atoms with Gasteiger partial charge in [-0.25, -0.2) is 0 Å². The van der Waals surface area contributed by atoms with Gasteiger partial charge in [0.25, 0.3) is 12.4 Å². The van der Waals surface area contributed by atoms with Gasteiger partial charge in [-0.05, 0) is 55.7 Å². The predicted octanol–water partition coefficient (Wildman–Crippen LogP) is -9.76. The van der Waals surface area contributed by atoms with Gasteiger partial charge in [-0.3, -0.25) is 4.79 Å². The second-order valence-corrected chi connectivity index (χ2v) is 6.08. The molecule has 0 atom stereocenters. The molecule has 0 radical (unpaired) electrons. The molecule has 1 aromatic carbocycles.